The molecule has 7 heteroatoms. The minimum Gasteiger partial charge on any atom is -0.480 e. The Morgan fingerprint density at radius 3 is 2.07 bits per heavy atom. The summed E-state index contributed by atoms with van der Waals surface area (Å²) in [4.78, 5) is 38.0. The van der Waals surface area contributed by atoms with E-state index in [4.69, 9.17) is 0 Å². The molecule has 2 aromatic carbocycles. The molecule has 2 N–H and O–H groups in total. The maximum atomic E-state index is 13.3. The lowest BCUT2D eigenvalue weighted by Gasteiger charge is -2.25. The highest BCUT2D eigenvalue weighted by Crippen LogP contribution is 2.32. The molecule has 7 nitrogen and oxygen atoms in total. The van der Waals surface area contributed by atoms with Gasteiger partial charge in [-0.2, -0.15) is 5.10 Å². The third-order valence-corrected chi connectivity index (χ3v) is 5.15. The Morgan fingerprint density at radius 1 is 1.03 bits per heavy atom. The summed E-state index contributed by atoms with van der Waals surface area (Å²) in [6.07, 6.45) is 0.158. The molecule has 0 spiro atoms. The van der Waals surface area contributed by atoms with Crippen LogP contribution in [0.1, 0.15) is 30.6 Å². The molecule has 154 valence electrons. The maximum Gasteiger partial charge on any atom is 0.329 e. The van der Waals surface area contributed by atoms with Gasteiger partial charge >= 0.3 is 5.97 Å². The number of aliphatic carboxylic acids is 1. The van der Waals surface area contributed by atoms with Crippen molar-refractivity contribution in [2.45, 2.75) is 25.8 Å². The van der Waals surface area contributed by atoms with Crippen LogP contribution in [0.15, 0.2) is 65.5 Å². The standard InChI is InChI=1S/C23H23N3O4/c1-4-23(2,22(29)30)24-20(27)18-17(15-11-7-5-8-12-15)19(25-26(3)21(18)28)16-13-9-6-10-14-16/h5-14H,4H2,1-3H3,(H,24,27)(H,29,30). The van der Waals surface area contributed by atoms with Gasteiger partial charge in [0.2, 0.25) is 0 Å². The molecule has 0 fully saturated rings. The molecule has 0 aliphatic heterocycles. The summed E-state index contributed by atoms with van der Waals surface area (Å²) in [5.41, 5.74) is -0.0495. The second-order valence-corrected chi connectivity index (χ2v) is 7.20. The SMILES string of the molecule is CCC(C)(NC(=O)c1c(-c2ccccc2)c(-c2ccccc2)nn(C)c1=O)C(=O)O. The maximum absolute atomic E-state index is 13.3. The number of carboxylic acids is 1. The molecular weight excluding hydrogens is 382 g/mol. The molecule has 1 heterocycles. The molecule has 0 saturated heterocycles. The summed E-state index contributed by atoms with van der Waals surface area (Å²) in [6, 6.07) is 18.2. The zero-order valence-electron chi connectivity index (χ0n) is 17.0. The van der Waals surface area contributed by atoms with Crippen molar-refractivity contribution in [1.29, 1.82) is 0 Å². The predicted molar refractivity (Wildman–Crippen MR) is 114 cm³/mol. The lowest BCUT2D eigenvalue weighted by Crippen LogP contribution is -2.53. The van der Waals surface area contributed by atoms with Gasteiger partial charge in [-0.1, -0.05) is 67.6 Å². The Labute approximate surface area is 174 Å². The van der Waals surface area contributed by atoms with E-state index < -0.39 is 23.0 Å². The van der Waals surface area contributed by atoms with E-state index in [1.807, 2.05) is 36.4 Å². The number of nitrogens with zero attached hydrogens (tertiary/aromatic N) is 2. The number of carbonyl (C=O) groups is 2. The van der Waals surface area contributed by atoms with Crippen molar-refractivity contribution < 1.29 is 14.7 Å². The fourth-order valence-electron chi connectivity index (χ4n) is 3.13. The predicted octanol–water partition coefficient (Wildman–Crippen LogP) is 3.10. The molecule has 0 saturated carbocycles. The quantitative estimate of drug-likeness (QED) is 0.656. The van der Waals surface area contributed by atoms with E-state index in [-0.39, 0.29) is 12.0 Å². The Bertz CT molecular complexity index is 1140. The van der Waals surface area contributed by atoms with Gasteiger partial charge < -0.3 is 10.4 Å². The monoisotopic (exact) mass is 405 g/mol. The van der Waals surface area contributed by atoms with Gasteiger partial charge in [0.1, 0.15) is 11.1 Å². The van der Waals surface area contributed by atoms with Crippen molar-refractivity contribution in [3.8, 4) is 22.4 Å². The van der Waals surface area contributed by atoms with Gasteiger partial charge in [-0.15, -0.1) is 0 Å². The number of carbonyl (C=O) groups excluding carboxylic acids is 1. The van der Waals surface area contributed by atoms with Crippen LogP contribution in [0.4, 0.5) is 0 Å². The fraction of sp³-hybridized carbons (Fsp3) is 0.217. The minimum absolute atomic E-state index is 0.140. The number of hydrogen-bond donors (Lipinski definition) is 2. The van der Waals surface area contributed by atoms with Crippen molar-refractivity contribution >= 4 is 11.9 Å². The van der Waals surface area contributed by atoms with Crippen molar-refractivity contribution in [3.63, 3.8) is 0 Å². The Kier molecular flexibility index (Phi) is 5.82. The Hall–Kier alpha value is -3.74. The largest absolute Gasteiger partial charge is 0.480 e. The van der Waals surface area contributed by atoms with Gasteiger partial charge in [0, 0.05) is 18.2 Å². The van der Waals surface area contributed by atoms with Crippen LogP contribution in [0.5, 0.6) is 0 Å². The molecule has 0 aliphatic carbocycles. The summed E-state index contributed by atoms with van der Waals surface area (Å²) in [7, 11) is 1.47. The zero-order chi connectivity index (χ0) is 21.9. The highest BCUT2D eigenvalue weighted by atomic mass is 16.4. The molecule has 0 aliphatic rings. The first-order valence-electron chi connectivity index (χ1n) is 9.56. The molecule has 1 atom stereocenters. The molecule has 30 heavy (non-hydrogen) atoms. The van der Waals surface area contributed by atoms with Crippen LogP contribution >= 0.6 is 0 Å². The highest BCUT2D eigenvalue weighted by Gasteiger charge is 2.35. The smallest absolute Gasteiger partial charge is 0.329 e. The van der Waals surface area contributed by atoms with E-state index in [1.165, 1.54) is 14.0 Å². The average Bonchev–Trinajstić information content (AvgIpc) is 2.76. The van der Waals surface area contributed by atoms with Crippen LogP contribution in [0, 0.1) is 0 Å². The summed E-state index contributed by atoms with van der Waals surface area (Å²) >= 11 is 0. The number of benzene rings is 2. The first kappa shape index (κ1) is 21.0. The van der Waals surface area contributed by atoms with Crippen molar-refractivity contribution in [1.82, 2.24) is 15.1 Å². The molecule has 0 bridgehead atoms. The molecular formula is C23H23N3O4. The number of nitrogens with one attached hydrogen (secondary N) is 1. The molecule has 1 amide bonds. The third-order valence-electron chi connectivity index (χ3n) is 5.15. The van der Waals surface area contributed by atoms with Crippen molar-refractivity contribution in [3.05, 3.63) is 76.6 Å². The van der Waals surface area contributed by atoms with Crippen LogP contribution in [0.25, 0.3) is 22.4 Å². The Balaban J connectivity index is 2.32. The van der Waals surface area contributed by atoms with Gasteiger partial charge in [-0.25, -0.2) is 9.48 Å². The van der Waals surface area contributed by atoms with E-state index >= 15 is 0 Å². The number of rotatable bonds is 6. The highest BCUT2D eigenvalue weighted by molar-refractivity contribution is 6.05. The zero-order valence-corrected chi connectivity index (χ0v) is 17.0. The van der Waals surface area contributed by atoms with Crippen LogP contribution in [0.2, 0.25) is 0 Å². The second kappa shape index (κ2) is 8.32. The van der Waals surface area contributed by atoms with E-state index in [2.05, 4.69) is 10.4 Å². The van der Waals surface area contributed by atoms with Gasteiger partial charge in [0.05, 0.1) is 5.69 Å². The van der Waals surface area contributed by atoms with Gasteiger partial charge in [-0.05, 0) is 18.9 Å². The van der Waals surface area contributed by atoms with Gasteiger partial charge in [0.15, 0.2) is 0 Å². The fourth-order valence-corrected chi connectivity index (χ4v) is 3.13. The second-order valence-electron chi connectivity index (χ2n) is 7.20. The normalized spacial score (nSPS) is 12.8. The third kappa shape index (κ3) is 3.87. The van der Waals surface area contributed by atoms with Crippen molar-refractivity contribution in [2.75, 3.05) is 0 Å². The first-order chi connectivity index (χ1) is 14.3. The van der Waals surface area contributed by atoms with E-state index in [0.717, 1.165) is 10.2 Å². The van der Waals surface area contributed by atoms with Crippen LogP contribution in [-0.2, 0) is 11.8 Å². The van der Waals surface area contributed by atoms with E-state index in [0.29, 0.717) is 16.8 Å². The lowest BCUT2D eigenvalue weighted by atomic mass is 9.93. The Morgan fingerprint density at radius 2 is 1.57 bits per heavy atom. The minimum atomic E-state index is -1.51. The summed E-state index contributed by atoms with van der Waals surface area (Å²) in [5, 5.41) is 16.5. The van der Waals surface area contributed by atoms with Crippen LogP contribution in [-0.4, -0.2) is 32.3 Å². The number of hydrogen-bond acceptors (Lipinski definition) is 4. The molecule has 0 radical (unpaired) electrons. The van der Waals surface area contributed by atoms with E-state index in [1.54, 1.807) is 31.2 Å². The molecule has 3 aromatic rings. The van der Waals surface area contributed by atoms with E-state index in [9.17, 15) is 19.5 Å². The topological polar surface area (TPSA) is 101 Å². The number of aryl methyl sites for hydroxylation is 1. The van der Waals surface area contributed by atoms with Crippen molar-refractivity contribution in [2.24, 2.45) is 7.05 Å². The summed E-state index contributed by atoms with van der Waals surface area (Å²) < 4.78 is 1.10. The number of amides is 1. The molecule has 1 aromatic heterocycles. The summed E-state index contributed by atoms with van der Waals surface area (Å²) in [6.45, 7) is 3.08. The summed E-state index contributed by atoms with van der Waals surface area (Å²) in [5.74, 6) is -1.92. The number of aromatic nitrogens is 2. The van der Waals surface area contributed by atoms with Crippen LogP contribution < -0.4 is 10.9 Å². The first-order valence-corrected chi connectivity index (χ1v) is 9.56. The van der Waals surface area contributed by atoms with Gasteiger partial charge in [0.25, 0.3) is 11.5 Å². The molecule has 3 rings (SSSR count). The van der Waals surface area contributed by atoms with Crippen LogP contribution in [0.3, 0.4) is 0 Å². The number of carboxylic acid groups (broad SMARTS) is 1. The van der Waals surface area contributed by atoms with Gasteiger partial charge in [-0.3, -0.25) is 9.59 Å². The molecule has 1 unspecified atom stereocenters. The average molecular weight is 405 g/mol. The lowest BCUT2D eigenvalue weighted by molar-refractivity contribution is -0.143.